The van der Waals surface area contributed by atoms with E-state index in [-0.39, 0.29) is 37.1 Å². The summed E-state index contributed by atoms with van der Waals surface area (Å²) in [6, 6.07) is 11.8. The molecule has 3 heterocycles. The summed E-state index contributed by atoms with van der Waals surface area (Å²) < 4.78 is 14.0. The molecule has 38 heavy (non-hydrogen) atoms. The summed E-state index contributed by atoms with van der Waals surface area (Å²) >= 11 is 0. The van der Waals surface area contributed by atoms with Gasteiger partial charge < -0.3 is 20.7 Å². The molecule has 0 saturated carbocycles. The van der Waals surface area contributed by atoms with Crippen molar-refractivity contribution in [1.82, 2.24) is 25.3 Å². The highest BCUT2D eigenvalue weighted by Gasteiger charge is 2.28. The fourth-order valence-electron chi connectivity index (χ4n) is 4.70. The first kappa shape index (κ1) is 25.1. The highest BCUT2D eigenvalue weighted by molar-refractivity contribution is 6.36. The summed E-state index contributed by atoms with van der Waals surface area (Å²) in [4.78, 5) is 30.3. The molecule has 9 nitrogen and oxygen atoms in total. The van der Waals surface area contributed by atoms with Gasteiger partial charge in [0.2, 0.25) is 5.91 Å². The minimum atomic E-state index is -0.826. The summed E-state index contributed by atoms with van der Waals surface area (Å²) in [5.74, 6) is -0.845. The standard InChI is InChI=1S/C28H27FN6O3/c1-16-22(13-26(37)30-14-20(36)15-35-31-9-10-32-35)17(2)33-25(16)12-23-27-21(18-5-3-6-19(29)11-18)7-4-8-24(27)34-28(23)38/h3-12,20,33,36H,13-15H2,1-2H3,(H,30,37)(H,34,38). The van der Waals surface area contributed by atoms with Gasteiger partial charge >= 0.3 is 0 Å². The van der Waals surface area contributed by atoms with E-state index in [1.165, 1.54) is 29.3 Å². The maximum absolute atomic E-state index is 14.0. The summed E-state index contributed by atoms with van der Waals surface area (Å²) in [7, 11) is 0. The van der Waals surface area contributed by atoms with Crippen molar-refractivity contribution >= 4 is 29.2 Å². The monoisotopic (exact) mass is 514 g/mol. The molecule has 2 aromatic carbocycles. The first-order valence-electron chi connectivity index (χ1n) is 12.2. The van der Waals surface area contributed by atoms with Crippen LogP contribution in [-0.2, 0) is 22.6 Å². The van der Waals surface area contributed by atoms with Gasteiger partial charge in [-0.3, -0.25) is 9.59 Å². The number of aliphatic hydroxyl groups is 1. The van der Waals surface area contributed by atoms with Crippen molar-refractivity contribution < 1.29 is 19.1 Å². The van der Waals surface area contributed by atoms with Gasteiger partial charge in [-0.25, -0.2) is 4.39 Å². The second kappa shape index (κ2) is 10.4. The number of aliphatic hydroxyl groups excluding tert-OH is 1. The Morgan fingerprint density at radius 2 is 1.95 bits per heavy atom. The number of H-pyrrole nitrogens is 1. The maximum Gasteiger partial charge on any atom is 0.256 e. The summed E-state index contributed by atoms with van der Waals surface area (Å²) in [6.07, 6.45) is 4.10. The van der Waals surface area contributed by atoms with Crippen LogP contribution in [0.2, 0.25) is 0 Å². The third-order valence-corrected chi connectivity index (χ3v) is 6.60. The number of aromatic nitrogens is 4. The van der Waals surface area contributed by atoms with Crippen LogP contribution in [0.3, 0.4) is 0 Å². The molecule has 1 atom stereocenters. The second-order valence-electron chi connectivity index (χ2n) is 9.24. The van der Waals surface area contributed by atoms with E-state index in [1.807, 2.05) is 38.1 Å². The number of aromatic amines is 1. The molecule has 1 aliphatic heterocycles. The Bertz CT molecular complexity index is 1540. The summed E-state index contributed by atoms with van der Waals surface area (Å²) in [5, 5.41) is 23.7. The molecular weight excluding hydrogens is 487 g/mol. The average Bonchev–Trinajstić information content (AvgIpc) is 3.58. The van der Waals surface area contributed by atoms with E-state index in [4.69, 9.17) is 0 Å². The van der Waals surface area contributed by atoms with Gasteiger partial charge in [0, 0.05) is 29.2 Å². The molecule has 0 spiro atoms. The molecule has 2 amide bonds. The zero-order valence-electron chi connectivity index (χ0n) is 21.0. The van der Waals surface area contributed by atoms with Gasteiger partial charge in [-0.2, -0.15) is 15.0 Å². The zero-order valence-corrected chi connectivity index (χ0v) is 21.0. The smallest absolute Gasteiger partial charge is 0.256 e. The third-order valence-electron chi connectivity index (χ3n) is 6.60. The molecule has 0 aliphatic carbocycles. The van der Waals surface area contributed by atoms with Crippen molar-refractivity contribution in [1.29, 1.82) is 0 Å². The lowest BCUT2D eigenvalue weighted by Gasteiger charge is -2.11. The molecule has 194 valence electrons. The largest absolute Gasteiger partial charge is 0.389 e. The number of nitrogens with one attached hydrogen (secondary N) is 3. The third kappa shape index (κ3) is 5.12. The van der Waals surface area contributed by atoms with E-state index in [0.29, 0.717) is 28.1 Å². The predicted molar refractivity (Wildman–Crippen MR) is 141 cm³/mol. The highest BCUT2D eigenvalue weighted by atomic mass is 19.1. The number of carbonyl (C=O) groups excluding carboxylic acids is 2. The number of anilines is 1. The van der Waals surface area contributed by atoms with Crippen LogP contribution in [0.5, 0.6) is 0 Å². The van der Waals surface area contributed by atoms with Crippen molar-refractivity contribution in [2.75, 3.05) is 11.9 Å². The average molecular weight is 515 g/mol. The van der Waals surface area contributed by atoms with Crippen LogP contribution in [0, 0.1) is 19.7 Å². The summed E-state index contributed by atoms with van der Waals surface area (Å²) in [5.41, 5.74) is 6.41. The van der Waals surface area contributed by atoms with Gasteiger partial charge in [-0.15, -0.1) is 0 Å². The lowest BCUT2D eigenvalue weighted by molar-refractivity contribution is -0.121. The quantitative estimate of drug-likeness (QED) is 0.269. The predicted octanol–water partition coefficient (Wildman–Crippen LogP) is 3.24. The normalized spacial score (nSPS) is 14.4. The molecular formula is C28H27FN6O3. The van der Waals surface area contributed by atoms with Crippen molar-refractivity contribution in [3.63, 3.8) is 0 Å². The van der Waals surface area contributed by atoms with Crippen LogP contribution in [0.15, 0.2) is 54.9 Å². The van der Waals surface area contributed by atoms with Crippen LogP contribution in [0.25, 0.3) is 22.8 Å². The number of halogens is 1. The van der Waals surface area contributed by atoms with Gasteiger partial charge in [0.1, 0.15) is 5.82 Å². The van der Waals surface area contributed by atoms with Crippen LogP contribution >= 0.6 is 0 Å². The molecule has 0 bridgehead atoms. The zero-order chi connectivity index (χ0) is 26.8. The van der Waals surface area contributed by atoms with E-state index in [2.05, 4.69) is 25.8 Å². The molecule has 4 N–H and O–H groups in total. The number of carbonyl (C=O) groups is 2. The first-order valence-corrected chi connectivity index (χ1v) is 12.2. The number of nitrogens with zero attached hydrogens (tertiary/aromatic N) is 3. The van der Waals surface area contributed by atoms with Crippen LogP contribution in [-0.4, -0.2) is 49.5 Å². The molecule has 0 radical (unpaired) electrons. The van der Waals surface area contributed by atoms with E-state index in [1.54, 1.807) is 12.1 Å². The molecule has 2 aromatic heterocycles. The molecule has 10 heteroatoms. The number of rotatable bonds is 8. The van der Waals surface area contributed by atoms with Crippen molar-refractivity contribution in [2.45, 2.75) is 32.9 Å². The Kier molecular flexibility index (Phi) is 6.89. The number of benzene rings is 2. The Hall–Kier alpha value is -4.57. The topological polar surface area (TPSA) is 125 Å². The Balaban J connectivity index is 1.37. The Morgan fingerprint density at radius 1 is 1.18 bits per heavy atom. The van der Waals surface area contributed by atoms with Crippen LogP contribution in [0.4, 0.5) is 10.1 Å². The number of aryl methyl sites for hydroxylation is 1. The maximum atomic E-state index is 14.0. The van der Waals surface area contributed by atoms with Gasteiger partial charge in [-0.1, -0.05) is 24.3 Å². The van der Waals surface area contributed by atoms with Crippen molar-refractivity contribution in [3.8, 4) is 11.1 Å². The van der Waals surface area contributed by atoms with E-state index in [9.17, 15) is 19.1 Å². The highest BCUT2D eigenvalue weighted by Crippen LogP contribution is 2.40. The molecule has 4 aromatic rings. The lowest BCUT2D eigenvalue weighted by atomic mass is 9.94. The number of hydrogen-bond acceptors (Lipinski definition) is 5. The first-order chi connectivity index (χ1) is 18.3. The molecule has 5 rings (SSSR count). The van der Waals surface area contributed by atoms with Crippen LogP contribution in [0.1, 0.15) is 28.1 Å². The SMILES string of the molecule is Cc1[nH]c(C=C2C(=O)Nc3cccc(-c4cccc(F)c4)c32)c(C)c1CC(=O)NCC(O)Cn1nccn1. The molecule has 0 saturated heterocycles. The van der Waals surface area contributed by atoms with Crippen LogP contribution < -0.4 is 10.6 Å². The van der Waals surface area contributed by atoms with Gasteiger partial charge in [0.25, 0.3) is 5.91 Å². The van der Waals surface area contributed by atoms with Crippen molar-refractivity contribution in [3.05, 3.63) is 88.8 Å². The Labute approximate surface area is 218 Å². The summed E-state index contributed by atoms with van der Waals surface area (Å²) in [6.45, 7) is 4.01. The molecule has 1 aliphatic rings. The lowest BCUT2D eigenvalue weighted by Crippen LogP contribution is -2.35. The van der Waals surface area contributed by atoms with E-state index < -0.39 is 6.10 Å². The van der Waals surface area contributed by atoms with E-state index >= 15 is 0 Å². The molecule has 1 unspecified atom stereocenters. The van der Waals surface area contributed by atoms with Gasteiger partial charge in [0.15, 0.2) is 0 Å². The fourth-order valence-corrected chi connectivity index (χ4v) is 4.70. The van der Waals surface area contributed by atoms with Crippen molar-refractivity contribution in [2.24, 2.45) is 0 Å². The minimum absolute atomic E-state index is 0.0691. The second-order valence-corrected chi connectivity index (χ2v) is 9.24. The Morgan fingerprint density at radius 3 is 2.71 bits per heavy atom. The molecule has 0 fully saturated rings. The van der Waals surface area contributed by atoms with Gasteiger partial charge in [0.05, 0.1) is 37.0 Å². The fraction of sp³-hybridized carbons (Fsp3) is 0.214. The number of fused-ring (bicyclic) bond motifs is 1. The van der Waals surface area contributed by atoms with Gasteiger partial charge in [-0.05, 0) is 60.4 Å². The minimum Gasteiger partial charge on any atom is -0.389 e. The number of hydrogen-bond donors (Lipinski definition) is 4. The number of amides is 2. The van der Waals surface area contributed by atoms with E-state index in [0.717, 1.165) is 22.4 Å².